The highest BCUT2D eigenvalue weighted by Gasteiger charge is 2.17. The number of aryl methyl sites for hydroxylation is 1. The number of aliphatic hydroxyl groups is 1. The van der Waals surface area contributed by atoms with Crippen LogP contribution >= 0.6 is 0 Å². The summed E-state index contributed by atoms with van der Waals surface area (Å²) in [5.41, 5.74) is 5.21. The lowest BCUT2D eigenvalue weighted by Gasteiger charge is -2.19. The zero-order valence-corrected chi connectivity index (χ0v) is 9.64. The highest BCUT2D eigenvalue weighted by Crippen LogP contribution is 2.07. The van der Waals surface area contributed by atoms with E-state index >= 15 is 0 Å². The summed E-state index contributed by atoms with van der Waals surface area (Å²) >= 11 is 0. The number of rotatable bonds is 5. The number of hydrogen-bond donors (Lipinski definition) is 2. The van der Waals surface area contributed by atoms with E-state index in [0.717, 1.165) is 11.5 Å². The quantitative estimate of drug-likeness (QED) is 0.735. The van der Waals surface area contributed by atoms with Crippen molar-refractivity contribution in [2.45, 2.75) is 19.4 Å². The summed E-state index contributed by atoms with van der Waals surface area (Å²) in [6, 6.07) is 3.76. The minimum absolute atomic E-state index is 0.0525. The SMILES string of the molecule is Cc1ccc(CCN(C)C(=O)C(O)CN)o1. The van der Waals surface area contributed by atoms with Gasteiger partial charge in [0.2, 0.25) is 0 Å². The fourth-order valence-electron chi connectivity index (χ4n) is 1.36. The number of carbonyl (C=O) groups excluding carboxylic acids is 1. The van der Waals surface area contributed by atoms with Crippen LogP contribution in [-0.4, -0.2) is 42.2 Å². The Morgan fingerprint density at radius 1 is 1.62 bits per heavy atom. The van der Waals surface area contributed by atoms with Crippen molar-refractivity contribution >= 4 is 5.91 Å². The van der Waals surface area contributed by atoms with E-state index in [0.29, 0.717) is 13.0 Å². The van der Waals surface area contributed by atoms with Crippen molar-refractivity contribution in [2.24, 2.45) is 5.73 Å². The van der Waals surface area contributed by atoms with Gasteiger partial charge >= 0.3 is 0 Å². The van der Waals surface area contributed by atoms with Crippen molar-refractivity contribution in [3.63, 3.8) is 0 Å². The van der Waals surface area contributed by atoms with E-state index in [-0.39, 0.29) is 12.5 Å². The van der Waals surface area contributed by atoms with Gasteiger partial charge in [-0.25, -0.2) is 0 Å². The van der Waals surface area contributed by atoms with Crippen molar-refractivity contribution in [1.29, 1.82) is 0 Å². The summed E-state index contributed by atoms with van der Waals surface area (Å²) in [6.07, 6.45) is -0.476. The maximum absolute atomic E-state index is 11.5. The average molecular weight is 226 g/mol. The van der Waals surface area contributed by atoms with E-state index in [4.69, 9.17) is 10.2 Å². The predicted octanol–water partition coefficient (Wildman–Crippen LogP) is -0.0915. The maximum Gasteiger partial charge on any atom is 0.252 e. The number of aliphatic hydroxyl groups excluding tert-OH is 1. The number of likely N-dealkylation sites (N-methyl/N-ethyl adjacent to an activating group) is 1. The molecule has 1 amide bonds. The fraction of sp³-hybridized carbons (Fsp3) is 0.545. The minimum atomic E-state index is -1.11. The van der Waals surface area contributed by atoms with Crippen LogP contribution in [0.5, 0.6) is 0 Å². The Labute approximate surface area is 94.8 Å². The van der Waals surface area contributed by atoms with Crippen LogP contribution in [0.25, 0.3) is 0 Å². The highest BCUT2D eigenvalue weighted by atomic mass is 16.3. The van der Waals surface area contributed by atoms with Gasteiger partial charge in [0.05, 0.1) is 0 Å². The molecular weight excluding hydrogens is 208 g/mol. The van der Waals surface area contributed by atoms with Gasteiger partial charge in [0, 0.05) is 26.6 Å². The van der Waals surface area contributed by atoms with Crippen molar-refractivity contribution in [1.82, 2.24) is 4.90 Å². The molecule has 5 nitrogen and oxygen atoms in total. The number of carbonyl (C=O) groups is 1. The van der Waals surface area contributed by atoms with Gasteiger partial charge in [-0.05, 0) is 19.1 Å². The number of hydrogen-bond acceptors (Lipinski definition) is 4. The van der Waals surface area contributed by atoms with Crippen LogP contribution in [0.2, 0.25) is 0 Å². The van der Waals surface area contributed by atoms with Gasteiger partial charge in [0.25, 0.3) is 5.91 Å². The molecule has 3 N–H and O–H groups in total. The Bertz CT molecular complexity index is 349. The van der Waals surface area contributed by atoms with E-state index in [2.05, 4.69) is 0 Å². The second-order valence-electron chi connectivity index (χ2n) is 3.77. The molecule has 1 rings (SSSR count). The molecule has 1 unspecified atom stereocenters. The van der Waals surface area contributed by atoms with Crippen LogP contribution in [0.15, 0.2) is 16.5 Å². The summed E-state index contributed by atoms with van der Waals surface area (Å²) in [4.78, 5) is 12.9. The molecule has 0 spiro atoms. The molecule has 5 heteroatoms. The van der Waals surface area contributed by atoms with Crippen LogP contribution in [0.3, 0.4) is 0 Å². The molecular formula is C11H18N2O3. The number of nitrogens with zero attached hydrogens (tertiary/aromatic N) is 1. The van der Waals surface area contributed by atoms with Crippen molar-refractivity contribution in [3.8, 4) is 0 Å². The Morgan fingerprint density at radius 2 is 2.31 bits per heavy atom. The van der Waals surface area contributed by atoms with Crippen molar-refractivity contribution < 1.29 is 14.3 Å². The molecule has 0 bridgehead atoms. The van der Waals surface area contributed by atoms with Crippen LogP contribution in [0.1, 0.15) is 11.5 Å². The molecule has 1 heterocycles. The predicted molar refractivity (Wildman–Crippen MR) is 59.8 cm³/mol. The molecule has 1 atom stereocenters. The highest BCUT2D eigenvalue weighted by molar-refractivity contribution is 5.80. The van der Waals surface area contributed by atoms with Crippen LogP contribution in [-0.2, 0) is 11.2 Å². The van der Waals surface area contributed by atoms with E-state index in [1.165, 1.54) is 4.90 Å². The zero-order chi connectivity index (χ0) is 12.1. The second-order valence-corrected chi connectivity index (χ2v) is 3.77. The van der Waals surface area contributed by atoms with Gasteiger partial charge < -0.3 is 20.2 Å². The Kier molecular flexibility index (Phi) is 4.52. The monoisotopic (exact) mass is 226 g/mol. The molecule has 16 heavy (non-hydrogen) atoms. The normalized spacial score (nSPS) is 12.5. The molecule has 0 saturated heterocycles. The lowest BCUT2D eigenvalue weighted by molar-refractivity contribution is -0.138. The Morgan fingerprint density at radius 3 is 2.81 bits per heavy atom. The van der Waals surface area contributed by atoms with Gasteiger partial charge in [-0.3, -0.25) is 4.79 Å². The summed E-state index contributed by atoms with van der Waals surface area (Å²) < 4.78 is 5.38. The first-order chi connectivity index (χ1) is 7.54. The largest absolute Gasteiger partial charge is 0.466 e. The van der Waals surface area contributed by atoms with Gasteiger partial charge in [0.15, 0.2) is 0 Å². The van der Waals surface area contributed by atoms with E-state index in [1.54, 1.807) is 7.05 Å². The topological polar surface area (TPSA) is 79.7 Å². The molecule has 0 aromatic carbocycles. The molecule has 90 valence electrons. The molecule has 1 aromatic heterocycles. The molecule has 0 radical (unpaired) electrons. The first kappa shape index (κ1) is 12.7. The summed E-state index contributed by atoms with van der Waals surface area (Å²) in [5.74, 6) is 1.33. The first-order valence-electron chi connectivity index (χ1n) is 5.23. The molecule has 0 fully saturated rings. The summed E-state index contributed by atoms with van der Waals surface area (Å²) in [6.45, 7) is 2.32. The summed E-state index contributed by atoms with van der Waals surface area (Å²) in [7, 11) is 1.64. The van der Waals surface area contributed by atoms with E-state index in [1.807, 2.05) is 19.1 Å². The van der Waals surface area contributed by atoms with Gasteiger partial charge in [-0.15, -0.1) is 0 Å². The third kappa shape index (κ3) is 3.36. The average Bonchev–Trinajstić information content (AvgIpc) is 2.69. The smallest absolute Gasteiger partial charge is 0.252 e. The standard InChI is InChI=1S/C11H18N2O3/c1-8-3-4-9(16-8)5-6-13(2)11(15)10(14)7-12/h3-4,10,14H,5-7,12H2,1-2H3. The third-order valence-electron chi connectivity index (χ3n) is 2.37. The minimum Gasteiger partial charge on any atom is -0.466 e. The molecule has 1 aromatic rings. The van der Waals surface area contributed by atoms with Crippen molar-refractivity contribution in [2.75, 3.05) is 20.1 Å². The molecule has 0 aliphatic heterocycles. The maximum atomic E-state index is 11.5. The number of nitrogens with two attached hydrogens (primary N) is 1. The molecule has 0 saturated carbocycles. The Balaban J connectivity index is 2.40. The van der Waals surface area contributed by atoms with Gasteiger partial charge in [0.1, 0.15) is 17.6 Å². The first-order valence-corrected chi connectivity index (χ1v) is 5.23. The Hall–Kier alpha value is -1.33. The van der Waals surface area contributed by atoms with E-state index in [9.17, 15) is 9.90 Å². The zero-order valence-electron chi connectivity index (χ0n) is 9.64. The fourth-order valence-corrected chi connectivity index (χ4v) is 1.36. The lowest BCUT2D eigenvalue weighted by Crippen LogP contribution is -2.41. The second kappa shape index (κ2) is 5.67. The lowest BCUT2D eigenvalue weighted by atomic mass is 10.2. The van der Waals surface area contributed by atoms with Crippen LogP contribution < -0.4 is 5.73 Å². The number of amides is 1. The van der Waals surface area contributed by atoms with Crippen LogP contribution in [0, 0.1) is 6.92 Å². The van der Waals surface area contributed by atoms with Crippen molar-refractivity contribution in [3.05, 3.63) is 23.7 Å². The molecule has 0 aliphatic carbocycles. The van der Waals surface area contributed by atoms with Gasteiger partial charge in [-0.1, -0.05) is 0 Å². The molecule has 0 aliphatic rings. The third-order valence-corrected chi connectivity index (χ3v) is 2.37. The van der Waals surface area contributed by atoms with Crippen LogP contribution in [0.4, 0.5) is 0 Å². The van der Waals surface area contributed by atoms with E-state index < -0.39 is 6.10 Å². The summed E-state index contributed by atoms with van der Waals surface area (Å²) in [5, 5.41) is 9.26. The number of furan rings is 1. The van der Waals surface area contributed by atoms with Gasteiger partial charge in [-0.2, -0.15) is 0 Å².